The SMILES string of the molecule is N#C[C@@H](NC(=O)CCN1C(=O)[C@H]2CCCC[C@@H]2C1=O)c1ccc(F)cc1. The van der Waals surface area contributed by atoms with Crippen LogP contribution in [0.25, 0.3) is 0 Å². The van der Waals surface area contributed by atoms with Crippen molar-refractivity contribution in [1.82, 2.24) is 10.2 Å². The number of hydrogen-bond acceptors (Lipinski definition) is 4. The lowest BCUT2D eigenvalue weighted by Crippen LogP contribution is -2.36. The van der Waals surface area contributed by atoms with Crippen molar-refractivity contribution in [3.05, 3.63) is 35.6 Å². The molecule has 136 valence electrons. The van der Waals surface area contributed by atoms with Gasteiger partial charge in [0.15, 0.2) is 0 Å². The van der Waals surface area contributed by atoms with E-state index in [4.69, 9.17) is 0 Å². The van der Waals surface area contributed by atoms with Gasteiger partial charge in [-0.25, -0.2) is 4.39 Å². The van der Waals surface area contributed by atoms with Crippen molar-refractivity contribution in [3.8, 4) is 6.07 Å². The maximum absolute atomic E-state index is 13.0. The standard InChI is InChI=1S/C19H20FN3O3/c20-13-7-5-12(6-8-13)16(11-21)22-17(24)9-10-23-18(25)14-3-1-2-4-15(14)19(23)26/h5-8,14-16H,1-4,9-10H2,(H,22,24)/t14-,15-,16+/m0/s1. The van der Waals surface area contributed by atoms with Crippen LogP contribution in [0.5, 0.6) is 0 Å². The van der Waals surface area contributed by atoms with Gasteiger partial charge < -0.3 is 5.32 Å². The molecule has 1 saturated carbocycles. The van der Waals surface area contributed by atoms with Crippen molar-refractivity contribution in [2.24, 2.45) is 11.8 Å². The third kappa shape index (κ3) is 3.59. The minimum Gasteiger partial charge on any atom is -0.337 e. The molecule has 1 saturated heterocycles. The van der Waals surface area contributed by atoms with Crippen LogP contribution in [-0.4, -0.2) is 29.2 Å². The van der Waals surface area contributed by atoms with Crippen LogP contribution in [0.1, 0.15) is 43.7 Å². The van der Waals surface area contributed by atoms with Crippen molar-refractivity contribution in [1.29, 1.82) is 5.26 Å². The summed E-state index contributed by atoms with van der Waals surface area (Å²) in [6.45, 7) is 0.0259. The average molecular weight is 357 g/mol. The fourth-order valence-electron chi connectivity index (χ4n) is 3.74. The van der Waals surface area contributed by atoms with Gasteiger partial charge in [-0.05, 0) is 30.5 Å². The molecule has 2 aliphatic rings. The first-order valence-electron chi connectivity index (χ1n) is 8.81. The summed E-state index contributed by atoms with van der Waals surface area (Å²) < 4.78 is 13.0. The number of likely N-dealkylation sites (tertiary alicyclic amines) is 1. The molecule has 3 amide bonds. The van der Waals surface area contributed by atoms with E-state index in [9.17, 15) is 24.0 Å². The van der Waals surface area contributed by atoms with Crippen LogP contribution in [0.2, 0.25) is 0 Å². The van der Waals surface area contributed by atoms with Crippen LogP contribution >= 0.6 is 0 Å². The number of halogens is 1. The van der Waals surface area contributed by atoms with E-state index >= 15 is 0 Å². The molecule has 7 heteroatoms. The van der Waals surface area contributed by atoms with Gasteiger partial charge in [-0.2, -0.15) is 5.26 Å². The number of nitrogens with zero attached hydrogens (tertiary/aromatic N) is 2. The van der Waals surface area contributed by atoms with Crippen LogP contribution in [0.15, 0.2) is 24.3 Å². The highest BCUT2D eigenvalue weighted by Crippen LogP contribution is 2.37. The Balaban J connectivity index is 1.56. The summed E-state index contributed by atoms with van der Waals surface area (Å²) in [7, 11) is 0. The van der Waals surface area contributed by atoms with Gasteiger partial charge >= 0.3 is 0 Å². The Bertz CT molecular complexity index is 732. The summed E-state index contributed by atoms with van der Waals surface area (Å²) in [6, 6.07) is 6.35. The summed E-state index contributed by atoms with van der Waals surface area (Å²) in [5.41, 5.74) is 0.474. The van der Waals surface area contributed by atoms with Crippen molar-refractivity contribution in [2.75, 3.05) is 6.54 Å². The Morgan fingerprint density at radius 1 is 1.19 bits per heavy atom. The zero-order chi connectivity index (χ0) is 18.7. The highest BCUT2D eigenvalue weighted by atomic mass is 19.1. The van der Waals surface area contributed by atoms with Gasteiger partial charge in [0.05, 0.1) is 17.9 Å². The molecule has 2 fully saturated rings. The average Bonchev–Trinajstić information content (AvgIpc) is 2.90. The monoisotopic (exact) mass is 357 g/mol. The maximum atomic E-state index is 13.0. The molecular formula is C19H20FN3O3. The number of nitrogens with one attached hydrogen (secondary N) is 1. The van der Waals surface area contributed by atoms with E-state index in [0.29, 0.717) is 5.56 Å². The molecule has 1 aliphatic carbocycles. The molecule has 0 bridgehead atoms. The molecule has 1 N–H and O–H groups in total. The molecule has 6 nitrogen and oxygen atoms in total. The third-order valence-electron chi connectivity index (χ3n) is 5.13. The van der Waals surface area contributed by atoms with E-state index in [-0.39, 0.29) is 36.6 Å². The third-order valence-corrected chi connectivity index (χ3v) is 5.13. The zero-order valence-corrected chi connectivity index (χ0v) is 14.3. The lowest BCUT2D eigenvalue weighted by molar-refractivity contribution is -0.140. The van der Waals surface area contributed by atoms with E-state index in [2.05, 4.69) is 5.32 Å². The van der Waals surface area contributed by atoms with Crippen LogP contribution in [0.3, 0.4) is 0 Å². The van der Waals surface area contributed by atoms with E-state index in [0.717, 1.165) is 25.7 Å². The maximum Gasteiger partial charge on any atom is 0.233 e. The summed E-state index contributed by atoms with van der Waals surface area (Å²) in [5.74, 6) is -1.68. The van der Waals surface area contributed by atoms with Crippen molar-refractivity contribution >= 4 is 17.7 Å². The van der Waals surface area contributed by atoms with Gasteiger partial charge in [-0.3, -0.25) is 19.3 Å². The first kappa shape index (κ1) is 18.1. The predicted molar refractivity (Wildman–Crippen MR) is 89.7 cm³/mol. The van der Waals surface area contributed by atoms with Gasteiger partial charge in [0, 0.05) is 13.0 Å². The van der Waals surface area contributed by atoms with Gasteiger partial charge in [0.1, 0.15) is 11.9 Å². The molecule has 0 unspecified atom stereocenters. The molecular weight excluding hydrogens is 337 g/mol. The minimum atomic E-state index is -0.907. The number of amides is 3. The first-order chi connectivity index (χ1) is 12.5. The Hall–Kier alpha value is -2.75. The minimum absolute atomic E-state index is 0.0259. The normalized spacial score (nSPS) is 23.3. The Morgan fingerprint density at radius 3 is 2.31 bits per heavy atom. The molecule has 0 aromatic heterocycles. The van der Waals surface area contributed by atoms with Crippen molar-refractivity contribution in [3.63, 3.8) is 0 Å². The van der Waals surface area contributed by atoms with E-state index in [1.807, 2.05) is 6.07 Å². The van der Waals surface area contributed by atoms with Gasteiger partial charge in [-0.15, -0.1) is 0 Å². The zero-order valence-electron chi connectivity index (χ0n) is 14.3. The largest absolute Gasteiger partial charge is 0.337 e. The predicted octanol–water partition coefficient (Wildman–Crippen LogP) is 2.07. The van der Waals surface area contributed by atoms with Crippen LogP contribution < -0.4 is 5.32 Å². The Labute approximate surface area is 151 Å². The van der Waals surface area contributed by atoms with E-state index < -0.39 is 17.8 Å². The van der Waals surface area contributed by atoms with Crippen LogP contribution in [0.4, 0.5) is 4.39 Å². The molecule has 1 aromatic rings. The lowest BCUT2D eigenvalue weighted by Gasteiger charge is -2.19. The second kappa shape index (κ2) is 7.65. The fraction of sp³-hybridized carbons (Fsp3) is 0.474. The van der Waals surface area contributed by atoms with E-state index in [1.165, 1.54) is 29.2 Å². The first-order valence-corrected chi connectivity index (χ1v) is 8.81. The molecule has 1 aliphatic heterocycles. The molecule has 26 heavy (non-hydrogen) atoms. The van der Waals surface area contributed by atoms with Crippen LogP contribution in [0, 0.1) is 29.0 Å². The number of imide groups is 1. The van der Waals surface area contributed by atoms with Crippen molar-refractivity contribution < 1.29 is 18.8 Å². The van der Waals surface area contributed by atoms with E-state index in [1.54, 1.807) is 0 Å². The second-order valence-electron chi connectivity index (χ2n) is 6.76. The summed E-state index contributed by atoms with van der Waals surface area (Å²) in [4.78, 5) is 38.1. The molecule has 1 aromatic carbocycles. The summed E-state index contributed by atoms with van der Waals surface area (Å²) >= 11 is 0. The fourth-order valence-corrected chi connectivity index (χ4v) is 3.74. The molecule has 3 atom stereocenters. The Kier molecular flexibility index (Phi) is 5.31. The number of carbonyl (C=O) groups excluding carboxylic acids is 3. The highest BCUT2D eigenvalue weighted by molar-refractivity contribution is 6.05. The topological polar surface area (TPSA) is 90.3 Å². The molecule has 1 heterocycles. The smallest absolute Gasteiger partial charge is 0.233 e. The lowest BCUT2D eigenvalue weighted by atomic mass is 9.81. The number of nitriles is 1. The number of rotatable bonds is 5. The molecule has 0 spiro atoms. The summed E-state index contributed by atoms with van der Waals surface area (Å²) in [5, 5.41) is 11.8. The Morgan fingerprint density at radius 2 is 1.77 bits per heavy atom. The van der Waals surface area contributed by atoms with Gasteiger partial charge in [0.2, 0.25) is 17.7 Å². The number of fused-ring (bicyclic) bond motifs is 1. The second-order valence-corrected chi connectivity index (χ2v) is 6.76. The van der Waals surface area contributed by atoms with Gasteiger partial charge in [0.25, 0.3) is 0 Å². The van der Waals surface area contributed by atoms with Crippen molar-refractivity contribution in [2.45, 2.75) is 38.1 Å². The molecule has 0 radical (unpaired) electrons. The van der Waals surface area contributed by atoms with Crippen LogP contribution in [-0.2, 0) is 14.4 Å². The number of hydrogen-bond donors (Lipinski definition) is 1. The quantitative estimate of drug-likeness (QED) is 0.817. The number of carbonyl (C=O) groups is 3. The number of benzene rings is 1. The van der Waals surface area contributed by atoms with Gasteiger partial charge in [-0.1, -0.05) is 25.0 Å². The summed E-state index contributed by atoms with van der Waals surface area (Å²) in [6.07, 6.45) is 3.32. The highest BCUT2D eigenvalue weighted by Gasteiger charge is 2.47. The molecule has 3 rings (SSSR count).